The minimum Gasteiger partial charge on any atom is -0.319 e. The van der Waals surface area contributed by atoms with Gasteiger partial charge in [0.25, 0.3) is 5.91 Å². The van der Waals surface area contributed by atoms with Gasteiger partial charge in [0.1, 0.15) is 0 Å². The van der Waals surface area contributed by atoms with E-state index in [-0.39, 0.29) is 11.6 Å². The van der Waals surface area contributed by atoms with Crippen LogP contribution in [0.15, 0.2) is 66.7 Å². The molecule has 5 aromatic rings. The fourth-order valence-corrected chi connectivity index (χ4v) is 4.15. The summed E-state index contributed by atoms with van der Waals surface area (Å²) in [7, 11) is 0. The lowest BCUT2D eigenvalue weighted by Gasteiger charge is -2.09. The molecule has 158 valence electrons. The zero-order valence-corrected chi connectivity index (χ0v) is 18.4. The molecule has 1 N–H and O–H groups in total. The Hall–Kier alpha value is -3.77. The summed E-state index contributed by atoms with van der Waals surface area (Å²) in [6, 6.07) is 21.5. The van der Waals surface area contributed by atoms with E-state index in [4.69, 9.17) is 16.7 Å². The van der Waals surface area contributed by atoms with Crippen molar-refractivity contribution >= 4 is 39.6 Å². The smallest absolute Gasteiger partial charge is 0.278 e. The fourth-order valence-electron chi connectivity index (χ4n) is 3.97. The number of aromatic nitrogens is 4. The molecular weight excluding hydrogens is 422 g/mol. The van der Waals surface area contributed by atoms with Gasteiger partial charge < -0.3 is 5.32 Å². The molecule has 32 heavy (non-hydrogen) atoms. The maximum absolute atomic E-state index is 12.9. The number of fused-ring (bicyclic) bond motifs is 2. The molecule has 0 aliphatic carbocycles. The molecule has 0 radical (unpaired) electrons. The van der Waals surface area contributed by atoms with E-state index in [0.717, 1.165) is 34.0 Å². The Labute approximate surface area is 189 Å². The number of carbonyl (C=O) groups is 1. The third-order valence-corrected chi connectivity index (χ3v) is 5.90. The predicted octanol–water partition coefficient (Wildman–Crippen LogP) is 5.72. The van der Waals surface area contributed by atoms with Crippen molar-refractivity contribution in [3.05, 3.63) is 88.8 Å². The molecule has 2 aromatic heterocycles. The van der Waals surface area contributed by atoms with Gasteiger partial charge in [0, 0.05) is 0 Å². The average molecular weight is 442 g/mol. The first kappa shape index (κ1) is 20.2. The number of carbonyl (C=O) groups excluding carboxylic acids is 1. The summed E-state index contributed by atoms with van der Waals surface area (Å²) in [6.45, 7) is 3.88. The first-order chi connectivity index (χ1) is 15.6. The first-order valence-electron chi connectivity index (χ1n) is 10.4. The number of halogens is 1. The Bertz CT molecular complexity index is 1490. The van der Waals surface area contributed by atoms with Crippen LogP contribution in [0.25, 0.3) is 27.5 Å². The van der Waals surface area contributed by atoms with Crippen molar-refractivity contribution in [1.82, 2.24) is 19.8 Å². The minimum atomic E-state index is -0.384. The maximum Gasteiger partial charge on any atom is 0.278 e. The summed E-state index contributed by atoms with van der Waals surface area (Å²) >= 11 is 6.18. The summed E-state index contributed by atoms with van der Waals surface area (Å²) in [6.07, 6.45) is 0.725. The van der Waals surface area contributed by atoms with Crippen LogP contribution in [0.1, 0.15) is 28.8 Å². The van der Waals surface area contributed by atoms with E-state index in [0.29, 0.717) is 22.1 Å². The number of para-hydroxylation sites is 1. The standard InChI is InChI=1S/C25H20ClN5O/c1-3-20-22(18-12-8-10-16-9-4-5-11-17(16)18)24-29-28-23(15(2)31(24)30-20)25(32)27-21-14-7-6-13-19(21)26/h4-14H,3H2,1-2H3,(H,27,32). The van der Waals surface area contributed by atoms with Crippen molar-refractivity contribution in [3.8, 4) is 11.1 Å². The van der Waals surface area contributed by atoms with Gasteiger partial charge in [-0.3, -0.25) is 4.79 Å². The normalized spacial score (nSPS) is 11.2. The van der Waals surface area contributed by atoms with Gasteiger partial charge in [-0.15, -0.1) is 10.2 Å². The van der Waals surface area contributed by atoms with Crippen LogP contribution in [-0.2, 0) is 6.42 Å². The van der Waals surface area contributed by atoms with Crippen LogP contribution in [0.2, 0.25) is 5.02 Å². The van der Waals surface area contributed by atoms with E-state index >= 15 is 0 Å². The van der Waals surface area contributed by atoms with E-state index < -0.39 is 0 Å². The predicted molar refractivity (Wildman–Crippen MR) is 127 cm³/mol. The number of hydrogen-bond acceptors (Lipinski definition) is 4. The molecule has 7 heteroatoms. The topological polar surface area (TPSA) is 72.2 Å². The van der Waals surface area contributed by atoms with E-state index in [9.17, 15) is 4.79 Å². The number of rotatable bonds is 4. The van der Waals surface area contributed by atoms with Crippen molar-refractivity contribution in [2.24, 2.45) is 0 Å². The molecule has 0 aliphatic rings. The number of nitrogens with zero attached hydrogens (tertiary/aromatic N) is 4. The van der Waals surface area contributed by atoms with E-state index in [1.54, 1.807) is 28.8 Å². The Morgan fingerprint density at radius 2 is 1.75 bits per heavy atom. The number of benzene rings is 3. The number of aryl methyl sites for hydroxylation is 2. The highest BCUT2D eigenvalue weighted by atomic mass is 35.5. The van der Waals surface area contributed by atoms with Crippen molar-refractivity contribution in [3.63, 3.8) is 0 Å². The van der Waals surface area contributed by atoms with Crippen LogP contribution in [0, 0.1) is 6.92 Å². The van der Waals surface area contributed by atoms with Crippen molar-refractivity contribution in [1.29, 1.82) is 0 Å². The average Bonchev–Trinajstić information content (AvgIpc) is 3.20. The SMILES string of the molecule is CCc1nn2c(C)c(C(=O)Nc3ccccc3Cl)nnc2c1-c1cccc2ccccc12. The number of anilines is 1. The molecule has 2 heterocycles. The van der Waals surface area contributed by atoms with Crippen LogP contribution < -0.4 is 5.32 Å². The first-order valence-corrected chi connectivity index (χ1v) is 10.7. The molecule has 1 amide bonds. The quantitative estimate of drug-likeness (QED) is 0.387. The van der Waals surface area contributed by atoms with Gasteiger partial charge in [-0.25, -0.2) is 4.52 Å². The molecule has 5 rings (SSSR count). The number of nitrogens with one attached hydrogen (secondary N) is 1. The largest absolute Gasteiger partial charge is 0.319 e. The summed E-state index contributed by atoms with van der Waals surface area (Å²) in [4.78, 5) is 12.9. The second kappa shape index (κ2) is 8.05. The van der Waals surface area contributed by atoms with Gasteiger partial charge in [-0.1, -0.05) is 73.1 Å². The Morgan fingerprint density at radius 1 is 1.00 bits per heavy atom. The highest BCUT2D eigenvalue weighted by molar-refractivity contribution is 6.33. The van der Waals surface area contributed by atoms with Crippen LogP contribution >= 0.6 is 11.6 Å². The Morgan fingerprint density at radius 3 is 2.56 bits per heavy atom. The van der Waals surface area contributed by atoms with Gasteiger partial charge in [0.05, 0.1) is 27.7 Å². The molecule has 0 aliphatic heterocycles. The molecule has 3 aromatic carbocycles. The van der Waals surface area contributed by atoms with Crippen molar-refractivity contribution in [2.75, 3.05) is 5.32 Å². The summed E-state index contributed by atoms with van der Waals surface area (Å²) < 4.78 is 1.71. The lowest BCUT2D eigenvalue weighted by molar-refractivity contribution is 0.102. The molecular formula is C25H20ClN5O. The molecule has 0 unspecified atom stereocenters. The lowest BCUT2D eigenvalue weighted by atomic mass is 9.97. The van der Waals surface area contributed by atoms with E-state index in [1.165, 1.54) is 0 Å². The summed E-state index contributed by atoms with van der Waals surface area (Å²) in [5.41, 5.74) is 4.86. The Balaban J connectivity index is 1.65. The molecule has 0 bridgehead atoms. The van der Waals surface area contributed by atoms with Crippen LogP contribution in [0.4, 0.5) is 5.69 Å². The zero-order valence-electron chi connectivity index (χ0n) is 17.6. The van der Waals surface area contributed by atoms with Gasteiger partial charge in [-0.2, -0.15) is 5.10 Å². The van der Waals surface area contributed by atoms with Crippen LogP contribution in [0.5, 0.6) is 0 Å². The highest BCUT2D eigenvalue weighted by Gasteiger charge is 2.22. The second-order valence-corrected chi connectivity index (χ2v) is 7.91. The Kier molecular flexibility index (Phi) is 5.07. The van der Waals surface area contributed by atoms with Crippen LogP contribution in [-0.4, -0.2) is 25.7 Å². The highest BCUT2D eigenvalue weighted by Crippen LogP contribution is 2.34. The monoisotopic (exact) mass is 441 g/mol. The van der Waals surface area contributed by atoms with Crippen molar-refractivity contribution < 1.29 is 4.79 Å². The molecule has 0 spiro atoms. The van der Waals surface area contributed by atoms with Gasteiger partial charge in [0.2, 0.25) is 0 Å². The number of hydrogen-bond donors (Lipinski definition) is 1. The third-order valence-electron chi connectivity index (χ3n) is 5.57. The maximum atomic E-state index is 12.9. The van der Waals surface area contributed by atoms with Gasteiger partial charge in [-0.05, 0) is 41.8 Å². The minimum absolute atomic E-state index is 0.201. The number of amides is 1. The van der Waals surface area contributed by atoms with Crippen molar-refractivity contribution in [2.45, 2.75) is 20.3 Å². The molecule has 0 saturated carbocycles. The molecule has 6 nitrogen and oxygen atoms in total. The summed E-state index contributed by atoms with van der Waals surface area (Å²) in [5.74, 6) is -0.384. The molecule has 0 saturated heterocycles. The fraction of sp³-hybridized carbons (Fsp3) is 0.120. The third kappa shape index (κ3) is 3.29. The van der Waals surface area contributed by atoms with Gasteiger partial charge >= 0.3 is 0 Å². The van der Waals surface area contributed by atoms with Gasteiger partial charge in [0.15, 0.2) is 11.3 Å². The van der Waals surface area contributed by atoms with E-state index in [2.05, 4.69) is 46.7 Å². The molecule has 0 atom stereocenters. The molecule has 0 fully saturated rings. The lowest BCUT2D eigenvalue weighted by Crippen LogP contribution is -2.18. The van der Waals surface area contributed by atoms with Crippen LogP contribution in [0.3, 0.4) is 0 Å². The second-order valence-electron chi connectivity index (χ2n) is 7.51. The summed E-state index contributed by atoms with van der Waals surface area (Å²) in [5, 5.41) is 19.0. The van der Waals surface area contributed by atoms with E-state index in [1.807, 2.05) is 25.1 Å². The zero-order chi connectivity index (χ0) is 22.2.